The second-order valence-electron chi connectivity index (χ2n) is 5.10. The van der Waals surface area contributed by atoms with Gasteiger partial charge in [-0.3, -0.25) is 4.79 Å². The van der Waals surface area contributed by atoms with E-state index in [0.29, 0.717) is 12.3 Å². The van der Waals surface area contributed by atoms with Crippen LogP contribution in [-0.4, -0.2) is 43.1 Å². The molecule has 1 atom stereocenters. The molecule has 21 heavy (non-hydrogen) atoms. The Balaban J connectivity index is 1.95. The number of ether oxygens (including phenoxy) is 1. The van der Waals surface area contributed by atoms with Crippen molar-refractivity contribution in [3.8, 4) is 5.75 Å². The van der Waals surface area contributed by atoms with Crippen molar-refractivity contribution in [1.29, 1.82) is 0 Å². The summed E-state index contributed by atoms with van der Waals surface area (Å²) in [5, 5.41) is 3.43. The molecule has 0 bridgehead atoms. The van der Waals surface area contributed by atoms with Crippen molar-refractivity contribution in [2.45, 2.75) is 25.8 Å². The van der Waals surface area contributed by atoms with Gasteiger partial charge in [0.2, 0.25) is 0 Å². The Bertz CT molecular complexity index is 493. The summed E-state index contributed by atoms with van der Waals surface area (Å²) < 4.78 is 18.4. The van der Waals surface area contributed by atoms with Crippen LogP contribution in [-0.2, 0) is 4.79 Å². The molecule has 1 aliphatic rings. The smallest absolute Gasteiger partial charge is 0.260 e. The number of nitrogens with zero attached hydrogens (tertiary/aromatic N) is 1. The van der Waals surface area contributed by atoms with Crippen LogP contribution in [0.4, 0.5) is 4.39 Å². The fraction of sp³-hybridized carbons (Fsp3) is 0.533. The summed E-state index contributed by atoms with van der Waals surface area (Å²) in [6.07, 6.45) is 1.86. The Morgan fingerprint density at radius 1 is 1.57 bits per heavy atom. The van der Waals surface area contributed by atoms with E-state index in [0.717, 1.165) is 25.9 Å². The average Bonchev–Trinajstić information content (AvgIpc) is 2.97. The minimum atomic E-state index is -0.427. The van der Waals surface area contributed by atoms with Crippen molar-refractivity contribution in [2.24, 2.45) is 0 Å². The lowest BCUT2D eigenvalue weighted by molar-refractivity contribution is -0.135. The molecule has 1 aromatic carbocycles. The van der Waals surface area contributed by atoms with Gasteiger partial charge in [0.25, 0.3) is 5.91 Å². The number of nitrogens with one attached hydrogen (secondary N) is 1. The number of benzene rings is 1. The van der Waals surface area contributed by atoms with Gasteiger partial charge in [-0.1, -0.05) is 18.5 Å². The zero-order valence-corrected chi connectivity index (χ0v) is 12.8. The van der Waals surface area contributed by atoms with E-state index >= 15 is 0 Å². The molecule has 1 amide bonds. The number of hydrogen-bond donors (Lipinski definition) is 1. The van der Waals surface area contributed by atoms with Gasteiger partial charge < -0.3 is 15.0 Å². The first-order valence-corrected chi connectivity index (χ1v) is 7.57. The third kappa shape index (κ3) is 4.32. The first kappa shape index (κ1) is 16.0. The monoisotopic (exact) mass is 314 g/mol. The molecular weight excluding hydrogens is 295 g/mol. The maximum Gasteiger partial charge on any atom is 0.260 e. The van der Waals surface area contributed by atoms with Gasteiger partial charge in [-0.05, 0) is 37.6 Å². The largest absolute Gasteiger partial charge is 0.482 e. The van der Waals surface area contributed by atoms with Crippen LogP contribution < -0.4 is 10.1 Å². The third-order valence-corrected chi connectivity index (χ3v) is 3.80. The van der Waals surface area contributed by atoms with Gasteiger partial charge in [-0.25, -0.2) is 4.39 Å². The van der Waals surface area contributed by atoms with E-state index in [-0.39, 0.29) is 23.6 Å². The summed E-state index contributed by atoms with van der Waals surface area (Å²) in [7, 11) is 0. The van der Waals surface area contributed by atoms with Gasteiger partial charge in [0, 0.05) is 19.1 Å². The zero-order valence-electron chi connectivity index (χ0n) is 12.1. The van der Waals surface area contributed by atoms with Crippen LogP contribution in [0.15, 0.2) is 18.2 Å². The summed E-state index contributed by atoms with van der Waals surface area (Å²) in [5.41, 5.74) is 0. The molecule has 1 unspecified atom stereocenters. The highest BCUT2D eigenvalue weighted by molar-refractivity contribution is 6.32. The number of halogens is 2. The molecule has 0 saturated carbocycles. The molecule has 1 aromatic rings. The van der Waals surface area contributed by atoms with E-state index in [9.17, 15) is 9.18 Å². The van der Waals surface area contributed by atoms with E-state index < -0.39 is 5.82 Å². The Hall–Kier alpha value is -1.33. The lowest BCUT2D eigenvalue weighted by Gasteiger charge is -2.28. The van der Waals surface area contributed by atoms with Crippen LogP contribution in [0.5, 0.6) is 5.75 Å². The van der Waals surface area contributed by atoms with Crippen molar-refractivity contribution in [1.82, 2.24) is 10.2 Å². The number of amides is 1. The van der Waals surface area contributed by atoms with E-state index in [1.807, 2.05) is 11.8 Å². The standard InChI is InChI=1S/C15H20ClFN2O2/c1-2-7-19(12-5-6-18-9-12)15(20)10-21-14-4-3-11(17)8-13(14)16/h3-4,8,12,18H,2,5-7,9-10H2,1H3. The van der Waals surface area contributed by atoms with Gasteiger partial charge >= 0.3 is 0 Å². The van der Waals surface area contributed by atoms with Crippen LogP contribution in [0.1, 0.15) is 19.8 Å². The molecule has 1 saturated heterocycles. The SMILES string of the molecule is CCCN(C(=O)COc1ccc(F)cc1Cl)C1CCNC1. The van der Waals surface area contributed by atoms with Gasteiger partial charge in [0.1, 0.15) is 11.6 Å². The van der Waals surface area contributed by atoms with E-state index in [1.54, 1.807) is 0 Å². The van der Waals surface area contributed by atoms with E-state index in [2.05, 4.69) is 5.32 Å². The van der Waals surface area contributed by atoms with Gasteiger partial charge in [0.05, 0.1) is 5.02 Å². The predicted molar refractivity (Wildman–Crippen MR) is 80.2 cm³/mol. The lowest BCUT2D eigenvalue weighted by Crippen LogP contribution is -2.44. The van der Waals surface area contributed by atoms with Crippen molar-refractivity contribution in [3.63, 3.8) is 0 Å². The van der Waals surface area contributed by atoms with Crippen LogP contribution in [0.25, 0.3) is 0 Å². The maximum atomic E-state index is 13.0. The number of hydrogen-bond acceptors (Lipinski definition) is 3. The highest BCUT2D eigenvalue weighted by atomic mass is 35.5. The molecule has 1 fully saturated rings. The summed E-state index contributed by atoms with van der Waals surface area (Å²) in [4.78, 5) is 14.2. The maximum absolute atomic E-state index is 13.0. The molecular formula is C15H20ClFN2O2. The Labute approximate surface area is 129 Å². The zero-order chi connectivity index (χ0) is 15.2. The number of carbonyl (C=O) groups is 1. The average molecular weight is 315 g/mol. The van der Waals surface area contributed by atoms with E-state index in [1.165, 1.54) is 18.2 Å². The van der Waals surface area contributed by atoms with Crippen molar-refractivity contribution < 1.29 is 13.9 Å². The first-order valence-electron chi connectivity index (χ1n) is 7.20. The van der Waals surface area contributed by atoms with Crippen LogP contribution in [0.2, 0.25) is 5.02 Å². The summed E-state index contributed by atoms with van der Waals surface area (Å²) in [5.74, 6) is -0.165. The van der Waals surface area contributed by atoms with Crippen molar-refractivity contribution in [2.75, 3.05) is 26.2 Å². The molecule has 0 spiro atoms. The molecule has 116 valence electrons. The fourth-order valence-corrected chi connectivity index (χ4v) is 2.69. The lowest BCUT2D eigenvalue weighted by atomic mass is 10.2. The Morgan fingerprint density at radius 3 is 3.00 bits per heavy atom. The summed E-state index contributed by atoms with van der Waals surface area (Å²) >= 11 is 5.88. The molecule has 1 aliphatic heterocycles. The van der Waals surface area contributed by atoms with Crippen molar-refractivity contribution >= 4 is 17.5 Å². The molecule has 0 aliphatic carbocycles. The van der Waals surface area contributed by atoms with E-state index in [4.69, 9.17) is 16.3 Å². The fourth-order valence-electron chi connectivity index (χ4n) is 2.47. The molecule has 6 heteroatoms. The minimum Gasteiger partial charge on any atom is -0.482 e. The number of rotatable bonds is 6. The normalized spacial score (nSPS) is 17.8. The van der Waals surface area contributed by atoms with Gasteiger partial charge in [0.15, 0.2) is 6.61 Å². The third-order valence-electron chi connectivity index (χ3n) is 3.51. The second kappa shape index (κ2) is 7.61. The predicted octanol–water partition coefficient (Wildman–Crippen LogP) is 2.46. The highest BCUT2D eigenvalue weighted by Gasteiger charge is 2.26. The minimum absolute atomic E-state index is 0.0639. The molecule has 0 radical (unpaired) electrons. The molecule has 4 nitrogen and oxygen atoms in total. The summed E-state index contributed by atoms with van der Waals surface area (Å²) in [6, 6.07) is 4.10. The van der Waals surface area contributed by atoms with Crippen LogP contribution in [0.3, 0.4) is 0 Å². The molecule has 2 rings (SSSR count). The first-order chi connectivity index (χ1) is 10.1. The van der Waals surface area contributed by atoms with Crippen LogP contribution in [0, 0.1) is 5.82 Å². The Kier molecular flexibility index (Phi) is 5.82. The van der Waals surface area contributed by atoms with Crippen molar-refractivity contribution in [3.05, 3.63) is 29.0 Å². The molecule has 1 heterocycles. The van der Waals surface area contributed by atoms with Gasteiger partial charge in [-0.2, -0.15) is 0 Å². The van der Waals surface area contributed by atoms with Crippen LogP contribution >= 0.6 is 11.6 Å². The Morgan fingerprint density at radius 2 is 2.38 bits per heavy atom. The molecule has 1 N–H and O–H groups in total. The highest BCUT2D eigenvalue weighted by Crippen LogP contribution is 2.25. The number of carbonyl (C=O) groups excluding carboxylic acids is 1. The molecule has 0 aromatic heterocycles. The summed E-state index contributed by atoms with van der Waals surface area (Å²) in [6.45, 7) is 4.43. The topological polar surface area (TPSA) is 41.6 Å². The van der Waals surface area contributed by atoms with Gasteiger partial charge in [-0.15, -0.1) is 0 Å². The second-order valence-corrected chi connectivity index (χ2v) is 5.50. The quantitative estimate of drug-likeness (QED) is 0.877.